The van der Waals surface area contributed by atoms with Gasteiger partial charge in [0, 0.05) is 12.8 Å². The van der Waals surface area contributed by atoms with Crippen molar-refractivity contribution in [2.24, 2.45) is 17.1 Å². The number of hydrogen-bond donors (Lipinski definition) is 1. The molecule has 17 heavy (non-hydrogen) atoms. The standard InChI is InChI=1S/C13H25N3O/c1-10(9-13(2,3)4)8-12-15-11(16-17-12)6-5-7-14/h10H,5-9,14H2,1-4H3. The molecule has 0 amide bonds. The van der Waals surface area contributed by atoms with E-state index in [0.29, 0.717) is 17.9 Å². The van der Waals surface area contributed by atoms with Gasteiger partial charge in [-0.2, -0.15) is 4.98 Å². The highest BCUT2D eigenvalue weighted by Gasteiger charge is 2.17. The number of nitrogens with two attached hydrogens (primary N) is 1. The van der Waals surface area contributed by atoms with Crippen LogP contribution in [0, 0.1) is 11.3 Å². The predicted molar refractivity (Wildman–Crippen MR) is 68.6 cm³/mol. The van der Waals surface area contributed by atoms with Crippen LogP contribution in [0.25, 0.3) is 0 Å². The summed E-state index contributed by atoms with van der Waals surface area (Å²) in [5.74, 6) is 2.11. The molecule has 0 aromatic carbocycles. The third-order valence-electron chi connectivity index (χ3n) is 2.60. The van der Waals surface area contributed by atoms with Gasteiger partial charge in [-0.3, -0.25) is 0 Å². The third-order valence-corrected chi connectivity index (χ3v) is 2.60. The Hall–Kier alpha value is -0.900. The SMILES string of the molecule is CC(Cc1nc(CCCN)no1)CC(C)(C)C. The Labute approximate surface area is 104 Å². The van der Waals surface area contributed by atoms with Crippen LogP contribution in [0.1, 0.15) is 52.3 Å². The maximum absolute atomic E-state index is 5.45. The van der Waals surface area contributed by atoms with Gasteiger partial charge in [-0.15, -0.1) is 0 Å². The van der Waals surface area contributed by atoms with Gasteiger partial charge in [0.2, 0.25) is 5.89 Å². The molecular weight excluding hydrogens is 214 g/mol. The Kier molecular flexibility index (Phi) is 5.12. The largest absolute Gasteiger partial charge is 0.339 e. The molecule has 4 nitrogen and oxygen atoms in total. The summed E-state index contributed by atoms with van der Waals surface area (Å²) in [6.07, 6.45) is 3.75. The zero-order chi connectivity index (χ0) is 12.9. The Bertz CT molecular complexity index is 328. The Morgan fingerprint density at radius 2 is 2.06 bits per heavy atom. The first kappa shape index (κ1) is 14.2. The van der Waals surface area contributed by atoms with E-state index in [0.717, 1.165) is 37.4 Å². The first-order valence-corrected chi connectivity index (χ1v) is 6.42. The lowest BCUT2D eigenvalue weighted by molar-refractivity contribution is 0.282. The second kappa shape index (κ2) is 6.15. The first-order chi connectivity index (χ1) is 7.90. The fraction of sp³-hybridized carbons (Fsp3) is 0.846. The van der Waals surface area contributed by atoms with Crippen LogP contribution < -0.4 is 5.73 Å². The molecule has 0 radical (unpaired) electrons. The molecule has 0 aliphatic heterocycles. The second-order valence-corrected chi connectivity index (χ2v) is 6.07. The minimum atomic E-state index is 0.349. The molecule has 1 aromatic heterocycles. The van der Waals surface area contributed by atoms with Gasteiger partial charge in [0.25, 0.3) is 0 Å². The van der Waals surface area contributed by atoms with Crippen LogP contribution in [-0.4, -0.2) is 16.7 Å². The molecule has 0 saturated heterocycles. The third kappa shape index (κ3) is 5.82. The molecule has 0 aliphatic rings. The lowest BCUT2D eigenvalue weighted by Gasteiger charge is -2.22. The summed E-state index contributed by atoms with van der Waals surface area (Å²) >= 11 is 0. The normalized spacial score (nSPS) is 13.9. The highest BCUT2D eigenvalue weighted by atomic mass is 16.5. The molecule has 0 fully saturated rings. The Balaban J connectivity index is 2.43. The van der Waals surface area contributed by atoms with Crippen LogP contribution in [0.4, 0.5) is 0 Å². The minimum absolute atomic E-state index is 0.349. The summed E-state index contributed by atoms with van der Waals surface area (Å²) in [6, 6.07) is 0. The Morgan fingerprint density at radius 1 is 1.35 bits per heavy atom. The van der Waals surface area contributed by atoms with Gasteiger partial charge in [0.05, 0.1) is 0 Å². The number of rotatable bonds is 6. The molecule has 0 bridgehead atoms. The van der Waals surface area contributed by atoms with Crippen molar-refractivity contribution in [1.29, 1.82) is 0 Å². The summed E-state index contributed by atoms with van der Waals surface area (Å²) in [5.41, 5.74) is 5.80. The van der Waals surface area contributed by atoms with Crippen molar-refractivity contribution < 1.29 is 4.52 Å². The van der Waals surface area contributed by atoms with Gasteiger partial charge < -0.3 is 10.3 Å². The van der Waals surface area contributed by atoms with Crippen molar-refractivity contribution in [3.8, 4) is 0 Å². The second-order valence-electron chi connectivity index (χ2n) is 6.07. The van der Waals surface area contributed by atoms with Crippen molar-refractivity contribution in [3.05, 3.63) is 11.7 Å². The summed E-state index contributed by atoms with van der Waals surface area (Å²) in [6.45, 7) is 9.66. The molecule has 2 N–H and O–H groups in total. The molecular formula is C13H25N3O. The number of hydrogen-bond acceptors (Lipinski definition) is 4. The highest BCUT2D eigenvalue weighted by molar-refractivity contribution is 4.88. The fourth-order valence-corrected chi connectivity index (χ4v) is 2.15. The number of aryl methyl sites for hydroxylation is 1. The van der Waals surface area contributed by atoms with E-state index in [4.69, 9.17) is 10.3 Å². The maximum Gasteiger partial charge on any atom is 0.226 e. The van der Waals surface area contributed by atoms with Gasteiger partial charge in [-0.05, 0) is 30.7 Å². The van der Waals surface area contributed by atoms with Crippen molar-refractivity contribution in [2.75, 3.05) is 6.54 Å². The molecule has 1 aromatic rings. The van der Waals surface area contributed by atoms with Crippen LogP contribution in [0.15, 0.2) is 4.52 Å². The van der Waals surface area contributed by atoms with Crippen molar-refractivity contribution in [2.45, 2.75) is 53.4 Å². The minimum Gasteiger partial charge on any atom is -0.339 e. The van der Waals surface area contributed by atoms with Gasteiger partial charge in [-0.25, -0.2) is 0 Å². The van der Waals surface area contributed by atoms with Gasteiger partial charge >= 0.3 is 0 Å². The molecule has 0 saturated carbocycles. The molecule has 0 aliphatic carbocycles. The van der Waals surface area contributed by atoms with Crippen molar-refractivity contribution >= 4 is 0 Å². The van der Waals surface area contributed by atoms with E-state index >= 15 is 0 Å². The zero-order valence-corrected chi connectivity index (χ0v) is 11.5. The smallest absolute Gasteiger partial charge is 0.226 e. The quantitative estimate of drug-likeness (QED) is 0.828. The van der Waals surface area contributed by atoms with Gasteiger partial charge in [0.15, 0.2) is 5.82 Å². The van der Waals surface area contributed by atoms with E-state index < -0.39 is 0 Å². The molecule has 1 atom stereocenters. The van der Waals surface area contributed by atoms with Crippen LogP contribution in [0.3, 0.4) is 0 Å². The average Bonchev–Trinajstić information content (AvgIpc) is 2.59. The molecule has 1 heterocycles. The highest BCUT2D eigenvalue weighted by Crippen LogP contribution is 2.25. The lowest BCUT2D eigenvalue weighted by Crippen LogP contribution is -2.13. The van der Waals surface area contributed by atoms with Crippen LogP contribution in [0.5, 0.6) is 0 Å². The Morgan fingerprint density at radius 3 is 2.65 bits per heavy atom. The summed E-state index contributed by atoms with van der Waals surface area (Å²) in [4.78, 5) is 4.38. The van der Waals surface area contributed by atoms with E-state index in [1.807, 2.05) is 0 Å². The number of aromatic nitrogens is 2. The molecule has 1 unspecified atom stereocenters. The van der Waals surface area contributed by atoms with Crippen molar-refractivity contribution in [1.82, 2.24) is 10.1 Å². The summed E-state index contributed by atoms with van der Waals surface area (Å²) in [5, 5.41) is 3.96. The number of nitrogens with zero attached hydrogens (tertiary/aromatic N) is 2. The van der Waals surface area contributed by atoms with Crippen LogP contribution >= 0.6 is 0 Å². The fourth-order valence-electron chi connectivity index (χ4n) is 2.15. The van der Waals surface area contributed by atoms with E-state index in [2.05, 4.69) is 37.8 Å². The molecule has 1 rings (SSSR count). The van der Waals surface area contributed by atoms with Gasteiger partial charge in [0.1, 0.15) is 0 Å². The van der Waals surface area contributed by atoms with Crippen LogP contribution in [-0.2, 0) is 12.8 Å². The first-order valence-electron chi connectivity index (χ1n) is 6.42. The van der Waals surface area contributed by atoms with Crippen LogP contribution in [0.2, 0.25) is 0 Å². The van der Waals surface area contributed by atoms with Gasteiger partial charge in [-0.1, -0.05) is 32.9 Å². The molecule has 4 heteroatoms. The zero-order valence-electron chi connectivity index (χ0n) is 11.5. The summed E-state index contributed by atoms with van der Waals surface area (Å²) < 4.78 is 5.24. The topological polar surface area (TPSA) is 64.9 Å². The average molecular weight is 239 g/mol. The molecule has 98 valence electrons. The van der Waals surface area contributed by atoms with E-state index in [1.54, 1.807) is 0 Å². The summed E-state index contributed by atoms with van der Waals surface area (Å²) in [7, 11) is 0. The monoisotopic (exact) mass is 239 g/mol. The maximum atomic E-state index is 5.45. The predicted octanol–water partition coefficient (Wildman–Crippen LogP) is 2.58. The van der Waals surface area contributed by atoms with E-state index in [9.17, 15) is 0 Å². The lowest BCUT2D eigenvalue weighted by atomic mass is 9.84. The molecule has 0 spiro atoms. The van der Waals surface area contributed by atoms with Crippen molar-refractivity contribution in [3.63, 3.8) is 0 Å². The van der Waals surface area contributed by atoms with E-state index in [-0.39, 0.29) is 0 Å². The van der Waals surface area contributed by atoms with E-state index in [1.165, 1.54) is 0 Å².